The second kappa shape index (κ2) is 6.53. The van der Waals surface area contributed by atoms with Crippen molar-refractivity contribution < 1.29 is 0 Å². The summed E-state index contributed by atoms with van der Waals surface area (Å²) in [6.07, 6.45) is 1.13. The second-order valence-corrected chi connectivity index (χ2v) is 4.86. The van der Waals surface area contributed by atoms with Gasteiger partial charge in [0.25, 0.3) is 0 Å². The van der Waals surface area contributed by atoms with Crippen molar-refractivity contribution in [3.8, 4) is 0 Å². The van der Waals surface area contributed by atoms with E-state index in [1.54, 1.807) is 0 Å². The van der Waals surface area contributed by atoms with Crippen LogP contribution >= 0.6 is 0 Å². The van der Waals surface area contributed by atoms with Crippen LogP contribution in [0, 0.1) is 0 Å². The minimum atomic E-state index is 0.828. The van der Waals surface area contributed by atoms with Crippen molar-refractivity contribution in [2.24, 2.45) is 0 Å². The molecule has 0 atom stereocenters. The number of anilines is 1. The number of benzene rings is 1. The van der Waals surface area contributed by atoms with Gasteiger partial charge in [-0.1, -0.05) is 38.1 Å². The summed E-state index contributed by atoms with van der Waals surface area (Å²) in [6, 6.07) is 10.7. The highest BCUT2D eigenvalue weighted by Gasteiger charge is 2.09. The zero-order valence-corrected chi connectivity index (χ0v) is 12.1. The Morgan fingerprint density at radius 2 is 2.00 bits per heavy atom. The highest BCUT2D eigenvalue weighted by molar-refractivity contribution is 5.92. The zero-order valence-electron chi connectivity index (χ0n) is 12.1. The molecule has 1 aromatic heterocycles. The Morgan fingerprint density at radius 3 is 2.74 bits per heavy atom. The second-order valence-electron chi connectivity index (χ2n) is 4.86. The standard InChI is InChI=1S/C16H23N3/c1-4-10-19(3)16-15-9-7-6-8-13(15)11-14(18-16)12-17-5-2/h6-9,11,17H,4-5,10,12H2,1-3H3. The molecular weight excluding hydrogens is 234 g/mol. The van der Waals surface area contributed by atoms with Crippen LogP contribution in [-0.4, -0.2) is 25.1 Å². The summed E-state index contributed by atoms with van der Waals surface area (Å²) in [5, 5.41) is 5.85. The summed E-state index contributed by atoms with van der Waals surface area (Å²) >= 11 is 0. The third kappa shape index (κ3) is 3.24. The molecule has 1 N–H and O–H groups in total. The first-order valence-electron chi connectivity index (χ1n) is 7.06. The summed E-state index contributed by atoms with van der Waals surface area (Å²) in [6.45, 7) is 7.14. The van der Waals surface area contributed by atoms with Crippen LogP contribution in [0.5, 0.6) is 0 Å². The van der Waals surface area contributed by atoms with E-state index in [1.807, 2.05) is 0 Å². The fraction of sp³-hybridized carbons (Fsp3) is 0.438. The molecule has 0 saturated heterocycles. The van der Waals surface area contributed by atoms with E-state index in [0.29, 0.717) is 0 Å². The molecule has 0 fully saturated rings. The topological polar surface area (TPSA) is 28.2 Å². The van der Waals surface area contributed by atoms with Gasteiger partial charge in [-0.3, -0.25) is 0 Å². The van der Waals surface area contributed by atoms with E-state index in [4.69, 9.17) is 4.98 Å². The lowest BCUT2D eigenvalue weighted by atomic mass is 10.1. The number of nitrogens with zero attached hydrogens (tertiary/aromatic N) is 2. The number of rotatable bonds is 6. The van der Waals surface area contributed by atoms with Gasteiger partial charge >= 0.3 is 0 Å². The predicted molar refractivity (Wildman–Crippen MR) is 82.7 cm³/mol. The fourth-order valence-corrected chi connectivity index (χ4v) is 2.31. The molecule has 0 aliphatic heterocycles. The number of aromatic nitrogens is 1. The summed E-state index contributed by atoms with van der Waals surface area (Å²) in [4.78, 5) is 7.07. The fourth-order valence-electron chi connectivity index (χ4n) is 2.31. The first-order chi connectivity index (χ1) is 9.26. The van der Waals surface area contributed by atoms with Gasteiger partial charge < -0.3 is 10.2 Å². The Labute approximate surface area is 115 Å². The molecule has 2 rings (SSSR count). The van der Waals surface area contributed by atoms with Crippen molar-refractivity contribution in [1.29, 1.82) is 0 Å². The van der Waals surface area contributed by atoms with Crippen LogP contribution in [0.3, 0.4) is 0 Å². The predicted octanol–water partition coefficient (Wildman–Crippen LogP) is 3.19. The van der Waals surface area contributed by atoms with Gasteiger partial charge in [-0.2, -0.15) is 0 Å². The lowest BCUT2D eigenvalue weighted by molar-refractivity contribution is 0.709. The monoisotopic (exact) mass is 257 g/mol. The minimum Gasteiger partial charge on any atom is -0.359 e. The van der Waals surface area contributed by atoms with Crippen molar-refractivity contribution in [1.82, 2.24) is 10.3 Å². The molecule has 3 heteroatoms. The van der Waals surface area contributed by atoms with Crippen LogP contribution < -0.4 is 10.2 Å². The van der Waals surface area contributed by atoms with Crippen molar-refractivity contribution in [2.45, 2.75) is 26.8 Å². The number of hydrogen-bond donors (Lipinski definition) is 1. The molecular formula is C16H23N3. The zero-order chi connectivity index (χ0) is 13.7. The van der Waals surface area contributed by atoms with E-state index in [0.717, 1.165) is 37.6 Å². The molecule has 19 heavy (non-hydrogen) atoms. The third-order valence-electron chi connectivity index (χ3n) is 3.25. The largest absolute Gasteiger partial charge is 0.359 e. The highest BCUT2D eigenvalue weighted by atomic mass is 15.2. The van der Waals surface area contributed by atoms with E-state index in [1.165, 1.54) is 10.8 Å². The Hall–Kier alpha value is -1.61. The molecule has 0 aliphatic rings. The maximum atomic E-state index is 4.82. The average Bonchev–Trinajstić information content (AvgIpc) is 2.44. The smallest absolute Gasteiger partial charge is 0.136 e. The van der Waals surface area contributed by atoms with Crippen LogP contribution in [0.15, 0.2) is 30.3 Å². The maximum absolute atomic E-state index is 4.82. The molecule has 102 valence electrons. The molecule has 0 spiro atoms. The van der Waals surface area contributed by atoms with Crippen LogP contribution in [0.1, 0.15) is 26.0 Å². The molecule has 3 nitrogen and oxygen atoms in total. The number of nitrogens with one attached hydrogen (secondary N) is 1. The van der Waals surface area contributed by atoms with Crippen molar-refractivity contribution in [3.05, 3.63) is 36.0 Å². The van der Waals surface area contributed by atoms with Gasteiger partial charge in [-0.05, 0) is 24.4 Å². The molecule has 1 aromatic carbocycles. The number of fused-ring (bicyclic) bond motifs is 1. The van der Waals surface area contributed by atoms with E-state index in [-0.39, 0.29) is 0 Å². The van der Waals surface area contributed by atoms with Gasteiger partial charge in [-0.15, -0.1) is 0 Å². The summed E-state index contributed by atoms with van der Waals surface area (Å²) in [7, 11) is 2.12. The van der Waals surface area contributed by atoms with Crippen LogP contribution in [0.25, 0.3) is 10.8 Å². The van der Waals surface area contributed by atoms with Gasteiger partial charge in [0.15, 0.2) is 0 Å². The van der Waals surface area contributed by atoms with Crippen LogP contribution in [0.2, 0.25) is 0 Å². The van der Waals surface area contributed by atoms with Gasteiger partial charge in [0, 0.05) is 25.5 Å². The third-order valence-corrected chi connectivity index (χ3v) is 3.25. The minimum absolute atomic E-state index is 0.828. The number of pyridine rings is 1. The summed E-state index contributed by atoms with van der Waals surface area (Å²) in [5.74, 6) is 1.09. The van der Waals surface area contributed by atoms with Crippen molar-refractivity contribution in [3.63, 3.8) is 0 Å². The molecule has 0 unspecified atom stereocenters. The molecule has 2 aromatic rings. The quantitative estimate of drug-likeness (QED) is 0.861. The first-order valence-corrected chi connectivity index (χ1v) is 7.06. The van der Waals surface area contributed by atoms with E-state index < -0.39 is 0 Å². The molecule has 0 radical (unpaired) electrons. The first kappa shape index (κ1) is 13.8. The summed E-state index contributed by atoms with van der Waals surface area (Å²) < 4.78 is 0. The molecule has 0 aliphatic carbocycles. The average molecular weight is 257 g/mol. The Bertz CT molecular complexity index is 537. The highest BCUT2D eigenvalue weighted by Crippen LogP contribution is 2.25. The lowest BCUT2D eigenvalue weighted by Crippen LogP contribution is -2.21. The van der Waals surface area contributed by atoms with Crippen molar-refractivity contribution >= 4 is 16.6 Å². The summed E-state index contributed by atoms with van der Waals surface area (Å²) in [5.41, 5.74) is 1.11. The van der Waals surface area contributed by atoms with Gasteiger partial charge in [0.1, 0.15) is 5.82 Å². The molecule has 1 heterocycles. The SMILES string of the molecule is CCCN(C)c1nc(CNCC)cc2ccccc12. The Kier molecular flexibility index (Phi) is 4.74. The Balaban J connectivity index is 2.45. The van der Waals surface area contributed by atoms with E-state index in [9.17, 15) is 0 Å². The molecule has 0 saturated carbocycles. The van der Waals surface area contributed by atoms with E-state index in [2.05, 4.69) is 61.4 Å². The van der Waals surface area contributed by atoms with Crippen LogP contribution in [0.4, 0.5) is 5.82 Å². The van der Waals surface area contributed by atoms with E-state index >= 15 is 0 Å². The maximum Gasteiger partial charge on any atom is 0.136 e. The van der Waals surface area contributed by atoms with Gasteiger partial charge in [0.2, 0.25) is 0 Å². The van der Waals surface area contributed by atoms with Crippen LogP contribution in [-0.2, 0) is 6.54 Å². The van der Waals surface area contributed by atoms with Gasteiger partial charge in [-0.25, -0.2) is 4.98 Å². The number of hydrogen-bond acceptors (Lipinski definition) is 3. The van der Waals surface area contributed by atoms with Gasteiger partial charge in [0.05, 0.1) is 5.69 Å². The lowest BCUT2D eigenvalue weighted by Gasteiger charge is -2.20. The molecule has 0 amide bonds. The normalized spacial score (nSPS) is 10.9. The Morgan fingerprint density at radius 1 is 1.21 bits per heavy atom. The van der Waals surface area contributed by atoms with Crippen molar-refractivity contribution in [2.75, 3.05) is 25.0 Å². The molecule has 0 bridgehead atoms.